The standard InChI is InChI=1S/C64H46N2/c1-3-12-45(13-4-1)48-26-35-55(36-27-48)65(57-41-32-53(33-42-57)60-20-11-17-52-16-7-8-18-59(52)60)56-37-28-50(29-38-56)47-22-24-51(25-23-47)54-34-43-64-62(44-54)61-19-9-10-21-63(61)66(64)58-39-30-49(31-40-58)46-14-5-2-6-15-46/h1-8,11-44H,9-10H2. The summed E-state index contributed by atoms with van der Waals surface area (Å²) >= 11 is 0. The lowest BCUT2D eigenvalue weighted by Gasteiger charge is -2.26. The molecule has 0 saturated carbocycles. The molecule has 312 valence electrons. The van der Waals surface area contributed by atoms with Crippen molar-refractivity contribution in [2.75, 3.05) is 4.90 Å². The first-order valence-electron chi connectivity index (χ1n) is 23.0. The van der Waals surface area contributed by atoms with Gasteiger partial charge in [-0.15, -0.1) is 0 Å². The average Bonchev–Trinajstić information content (AvgIpc) is 3.73. The maximum atomic E-state index is 2.44. The number of hydrogen-bond acceptors (Lipinski definition) is 1. The SMILES string of the molecule is C1=c2c(n(-c3ccc(-c4ccccc4)cc3)c3ccc(-c4ccc(-c5ccc(N(c6ccc(-c7ccccc7)cc6)c6ccc(-c7cccc8ccccc78)cc6)cc5)cc4)cc23)=CCC1. The van der Waals surface area contributed by atoms with Gasteiger partial charge in [0.1, 0.15) is 0 Å². The Kier molecular flexibility index (Phi) is 10.0. The molecule has 1 heterocycles. The summed E-state index contributed by atoms with van der Waals surface area (Å²) in [6.45, 7) is 0. The summed E-state index contributed by atoms with van der Waals surface area (Å²) in [6, 6.07) is 88.3. The van der Waals surface area contributed by atoms with Crippen molar-refractivity contribution in [3.8, 4) is 61.3 Å². The summed E-state index contributed by atoms with van der Waals surface area (Å²) in [4.78, 5) is 2.35. The van der Waals surface area contributed by atoms with E-state index in [2.05, 4.69) is 264 Å². The Morgan fingerprint density at radius 1 is 0.318 bits per heavy atom. The highest BCUT2D eigenvalue weighted by atomic mass is 15.1. The zero-order chi connectivity index (χ0) is 43.8. The molecule has 1 aliphatic carbocycles. The van der Waals surface area contributed by atoms with E-state index in [1.54, 1.807) is 0 Å². The van der Waals surface area contributed by atoms with Gasteiger partial charge in [-0.3, -0.25) is 0 Å². The van der Waals surface area contributed by atoms with Gasteiger partial charge in [0.15, 0.2) is 0 Å². The van der Waals surface area contributed by atoms with E-state index >= 15 is 0 Å². The third-order valence-corrected chi connectivity index (χ3v) is 13.3. The quantitative estimate of drug-likeness (QED) is 0.141. The summed E-state index contributed by atoms with van der Waals surface area (Å²) in [7, 11) is 0. The van der Waals surface area contributed by atoms with Gasteiger partial charge in [0.2, 0.25) is 0 Å². The molecule has 1 aromatic heterocycles. The van der Waals surface area contributed by atoms with Crippen LogP contribution >= 0.6 is 0 Å². The lowest BCUT2D eigenvalue weighted by atomic mass is 9.98. The number of anilines is 3. The molecule has 0 radical (unpaired) electrons. The topological polar surface area (TPSA) is 8.17 Å². The molecule has 12 rings (SSSR count). The van der Waals surface area contributed by atoms with Crippen LogP contribution in [0.5, 0.6) is 0 Å². The minimum atomic E-state index is 1.06. The number of rotatable bonds is 9. The molecule has 0 saturated heterocycles. The van der Waals surface area contributed by atoms with Crippen LogP contribution in [0.15, 0.2) is 243 Å². The van der Waals surface area contributed by atoms with Crippen molar-refractivity contribution in [1.29, 1.82) is 0 Å². The van der Waals surface area contributed by atoms with Crippen LogP contribution in [0.1, 0.15) is 12.8 Å². The Labute approximate surface area is 386 Å². The molecule has 0 amide bonds. The van der Waals surface area contributed by atoms with Crippen LogP contribution in [0.25, 0.3) is 95.1 Å². The van der Waals surface area contributed by atoms with Gasteiger partial charge in [-0.2, -0.15) is 0 Å². The first-order chi connectivity index (χ1) is 32.7. The van der Waals surface area contributed by atoms with Gasteiger partial charge in [0, 0.05) is 38.7 Å². The summed E-state index contributed by atoms with van der Waals surface area (Å²) in [5, 5.41) is 6.44. The summed E-state index contributed by atoms with van der Waals surface area (Å²) in [5.41, 5.74) is 17.9. The molecule has 0 atom stereocenters. The first kappa shape index (κ1) is 39.2. The lowest BCUT2D eigenvalue weighted by Crippen LogP contribution is -2.30. The van der Waals surface area contributed by atoms with Gasteiger partial charge in [-0.05, 0) is 140 Å². The fraction of sp³-hybridized carbons (Fsp3) is 0.0312. The molecule has 0 spiro atoms. The zero-order valence-corrected chi connectivity index (χ0v) is 36.6. The van der Waals surface area contributed by atoms with Crippen molar-refractivity contribution in [2.45, 2.75) is 12.8 Å². The van der Waals surface area contributed by atoms with Crippen molar-refractivity contribution < 1.29 is 0 Å². The van der Waals surface area contributed by atoms with Crippen molar-refractivity contribution in [3.05, 3.63) is 253 Å². The highest BCUT2D eigenvalue weighted by Gasteiger charge is 2.16. The zero-order valence-electron chi connectivity index (χ0n) is 36.6. The van der Waals surface area contributed by atoms with Crippen LogP contribution in [-0.4, -0.2) is 4.57 Å². The predicted octanol–water partition coefficient (Wildman–Crippen LogP) is 15.9. The van der Waals surface area contributed by atoms with E-state index in [1.165, 1.54) is 93.6 Å². The van der Waals surface area contributed by atoms with Crippen LogP contribution in [0.2, 0.25) is 0 Å². The first-order valence-corrected chi connectivity index (χ1v) is 23.0. The van der Waals surface area contributed by atoms with Gasteiger partial charge in [0.25, 0.3) is 0 Å². The largest absolute Gasteiger partial charge is 0.311 e. The molecule has 1 aliphatic rings. The van der Waals surface area contributed by atoms with Crippen LogP contribution in [0.3, 0.4) is 0 Å². The predicted molar refractivity (Wildman–Crippen MR) is 280 cm³/mol. The fourth-order valence-corrected chi connectivity index (χ4v) is 9.90. The molecule has 0 N–H and O–H groups in total. The molecule has 2 heteroatoms. The van der Waals surface area contributed by atoms with Crippen molar-refractivity contribution in [1.82, 2.24) is 4.57 Å². The summed E-state index contributed by atoms with van der Waals surface area (Å²) in [6.07, 6.45) is 6.95. The minimum absolute atomic E-state index is 1.06. The maximum Gasteiger partial charge on any atom is 0.0541 e. The monoisotopic (exact) mass is 842 g/mol. The van der Waals surface area contributed by atoms with Gasteiger partial charge >= 0.3 is 0 Å². The van der Waals surface area contributed by atoms with E-state index in [-0.39, 0.29) is 0 Å². The van der Waals surface area contributed by atoms with Crippen LogP contribution < -0.4 is 15.5 Å². The summed E-state index contributed by atoms with van der Waals surface area (Å²) < 4.78 is 2.44. The maximum absolute atomic E-state index is 2.44. The Bertz CT molecular complexity index is 3620. The third kappa shape index (κ3) is 7.29. The molecule has 66 heavy (non-hydrogen) atoms. The Hall–Kier alpha value is -8.46. The normalized spacial score (nSPS) is 12.1. The highest BCUT2D eigenvalue weighted by Crippen LogP contribution is 2.39. The van der Waals surface area contributed by atoms with Crippen molar-refractivity contribution in [2.24, 2.45) is 0 Å². The van der Waals surface area contributed by atoms with E-state index in [0.717, 1.165) is 29.9 Å². The second-order valence-electron chi connectivity index (χ2n) is 17.2. The van der Waals surface area contributed by atoms with Gasteiger partial charge < -0.3 is 9.47 Å². The molecular weight excluding hydrogens is 797 g/mol. The van der Waals surface area contributed by atoms with Crippen molar-refractivity contribution in [3.63, 3.8) is 0 Å². The van der Waals surface area contributed by atoms with E-state index in [9.17, 15) is 0 Å². The van der Waals surface area contributed by atoms with Gasteiger partial charge in [-0.25, -0.2) is 0 Å². The molecule has 0 unspecified atom stereocenters. The van der Waals surface area contributed by atoms with Crippen molar-refractivity contribution >= 4 is 50.9 Å². The highest BCUT2D eigenvalue weighted by molar-refractivity contribution is 5.97. The van der Waals surface area contributed by atoms with Gasteiger partial charge in [-0.1, -0.05) is 194 Å². The van der Waals surface area contributed by atoms with Crippen LogP contribution in [0, 0.1) is 0 Å². The molecule has 2 nitrogen and oxygen atoms in total. The average molecular weight is 843 g/mol. The van der Waals surface area contributed by atoms with Crippen LogP contribution in [0.4, 0.5) is 17.1 Å². The number of aromatic nitrogens is 1. The smallest absolute Gasteiger partial charge is 0.0541 e. The van der Waals surface area contributed by atoms with E-state index in [4.69, 9.17) is 0 Å². The second-order valence-corrected chi connectivity index (χ2v) is 17.2. The van der Waals surface area contributed by atoms with E-state index in [1.807, 2.05) is 0 Å². The van der Waals surface area contributed by atoms with E-state index in [0.29, 0.717) is 0 Å². The van der Waals surface area contributed by atoms with Crippen LogP contribution in [-0.2, 0) is 0 Å². The third-order valence-electron chi connectivity index (χ3n) is 13.3. The molecule has 10 aromatic carbocycles. The molecule has 0 fully saturated rings. The number of nitrogens with zero attached hydrogens (tertiary/aromatic N) is 2. The molecular formula is C64H46N2. The lowest BCUT2D eigenvalue weighted by molar-refractivity contribution is 1.02. The fourth-order valence-electron chi connectivity index (χ4n) is 9.90. The number of fused-ring (bicyclic) bond motifs is 4. The number of hydrogen-bond donors (Lipinski definition) is 0. The number of benzene rings is 10. The molecule has 0 bridgehead atoms. The molecule has 0 aliphatic heterocycles. The Morgan fingerprint density at radius 3 is 1.35 bits per heavy atom. The summed E-state index contributed by atoms with van der Waals surface area (Å²) in [5.74, 6) is 0. The Morgan fingerprint density at radius 2 is 0.758 bits per heavy atom. The Balaban J connectivity index is 0.845. The minimum Gasteiger partial charge on any atom is -0.311 e. The molecule has 11 aromatic rings. The van der Waals surface area contributed by atoms with Gasteiger partial charge in [0.05, 0.1) is 5.52 Å². The second kappa shape index (κ2) is 16.9. The van der Waals surface area contributed by atoms with E-state index < -0.39 is 0 Å².